The second kappa shape index (κ2) is 9.82. The average Bonchev–Trinajstić information content (AvgIpc) is 3.10. The smallest absolute Gasteiger partial charge is 0.293 e. The zero-order chi connectivity index (χ0) is 18.8. The van der Waals surface area contributed by atoms with Crippen LogP contribution in [0.3, 0.4) is 0 Å². The van der Waals surface area contributed by atoms with Crippen LogP contribution in [0.4, 0.5) is 0 Å². The van der Waals surface area contributed by atoms with Gasteiger partial charge in [-0.2, -0.15) is 4.98 Å². The third kappa shape index (κ3) is 7.14. The Labute approximate surface area is 153 Å². The maximum Gasteiger partial charge on any atom is 0.293 e. The molecule has 1 fully saturated rings. The average molecular weight is 358 g/mol. The first-order valence-corrected chi connectivity index (χ1v) is 8.72. The number of piperidine rings is 1. The zero-order valence-electron chi connectivity index (χ0n) is 15.5. The van der Waals surface area contributed by atoms with Crippen molar-refractivity contribution in [3.63, 3.8) is 0 Å². The highest BCUT2D eigenvalue weighted by Crippen LogP contribution is 2.22. The molecule has 1 saturated heterocycles. The molecule has 0 radical (unpaired) electrons. The Hall–Kier alpha value is -2.54. The number of aromatic nitrogens is 3. The molecule has 0 bridgehead atoms. The van der Waals surface area contributed by atoms with Crippen LogP contribution in [0.25, 0.3) is 12.2 Å². The van der Waals surface area contributed by atoms with Crippen molar-refractivity contribution in [3.05, 3.63) is 41.8 Å². The molecular weight excluding hydrogens is 332 g/mol. The Morgan fingerprint density at radius 1 is 1.19 bits per heavy atom. The summed E-state index contributed by atoms with van der Waals surface area (Å²) in [6.07, 6.45) is 9.45. The van der Waals surface area contributed by atoms with Gasteiger partial charge in [-0.1, -0.05) is 5.16 Å². The Morgan fingerprint density at radius 2 is 1.88 bits per heavy atom. The summed E-state index contributed by atoms with van der Waals surface area (Å²) in [6, 6.07) is 3.86. The van der Waals surface area contributed by atoms with Crippen molar-refractivity contribution in [2.75, 3.05) is 13.1 Å². The van der Waals surface area contributed by atoms with Crippen LogP contribution >= 0.6 is 0 Å². The van der Waals surface area contributed by atoms with E-state index in [1.165, 1.54) is 0 Å². The predicted octanol–water partition coefficient (Wildman–Crippen LogP) is 3.06. The molecule has 0 atom stereocenters. The number of hydrogen-bond donors (Lipinski definition) is 1. The summed E-state index contributed by atoms with van der Waals surface area (Å²) < 4.78 is 9.80. The number of rotatable bonds is 4. The summed E-state index contributed by atoms with van der Waals surface area (Å²) in [5, 5.41) is 7.41. The number of carbonyl (C=O) groups excluding carboxylic acids is 1. The third-order valence-electron chi connectivity index (χ3n) is 3.69. The summed E-state index contributed by atoms with van der Waals surface area (Å²) in [7, 11) is 0. The van der Waals surface area contributed by atoms with Gasteiger partial charge in [0.25, 0.3) is 12.4 Å². The minimum atomic E-state index is -0.318. The van der Waals surface area contributed by atoms with Gasteiger partial charge >= 0.3 is 0 Å². The fourth-order valence-electron chi connectivity index (χ4n) is 2.35. The van der Waals surface area contributed by atoms with Crippen molar-refractivity contribution in [1.29, 1.82) is 0 Å². The summed E-state index contributed by atoms with van der Waals surface area (Å²) in [4.78, 5) is 18.0. The first kappa shape index (κ1) is 19.8. The minimum Gasteiger partial charge on any atom is -0.462 e. The van der Waals surface area contributed by atoms with Crippen molar-refractivity contribution >= 4 is 18.6 Å². The molecule has 3 rings (SSSR count). The van der Waals surface area contributed by atoms with Crippen molar-refractivity contribution in [1.82, 2.24) is 20.4 Å². The van der Waals surface area contributed by atoms with E-state index < -0.39 is 0 Å². The first-order chi connectivity index (χ1) is 12.5. The molecule has 1 N–H and O–H groups in total. The SMILES string of the molecule is C(=C\c1nc(C2CCNCC2)no1)/c1ccncc1.CC(C)(C)OC=O. The quantitative estimate of drug-likeness (QED) is 0.840. The van der Waals surface area contributed by atoms with Crippen LogP contribution < -0.4 is 5.32 Å². The van der Waals surface area contributed by atoms with E-state index in [2.05, 4.69) is 25.2 Å². The van der Waals surface area contributed by atoms with E-state index >= 15 is 0 Å². The molecule has 7 heteroatoms. The van der Waals surface area contributed by atoms with E-state index in [0.29, 0.717) is 18.3 Å². The fraction of sp³-hybridized carbons (Fsp3) is 0.474. The van der Waals surface area contributed by atoms with E-state index in [1.54, 1.807) is 12.4 Å². The summed E-state index contributed by atoms with van der Waals surface area (Å²) >= 11 is 0. The van der Waals surface area contributed by atoms with Crippen molar-refractivity contribution in [3.8, 4) is 0 Å². The maximum absolute atomic E-state index is 9.60. The van der Waals surface area contributed by atoms with Crippen LogP contribution in [0.15, 0.2) is 29.0 Å². The third-order valence-corrected chi connectivity index (χ3v) is 3.69. The van der Waals surface area contributed by atoms with Gasteiger partial charge in [-0.3, -0.25) is 9.78 Å². The Bertz CT molecular complexity index is 686. The normalized spacial score (nSPS) is 15.3. The summed E-state index contributed by atoms with van der Waals surface area (Å²) in [6.45, 7) is 7.98. The van der Waals surface area contributed by atoms with E-state index in [-0.39, 0.29) is 5.60 Å². The van der Waals surface area contributed by atoms with Crippen molar-refractivity contribution in [2.45, 2.75) is 45.1 Å². The molecule has 3 heterocycles. The highest BCUT2D eigenvalue weighted by molar-refractivity contribution is 5.65. The topological polar surface area (TPSA) is 90.1 Å². The highest BCUT2D eigenvalue weighted by atomic mass is 16.5. The number of carbonyl (C=O) groups is 1. The molecule has 2 aromatic heterocycles. The molecule has 140 valence electrons. The van der Waals surface area contributed by atoms with Crippen LogP contribution in [-0.4, -0.2) is 40.3 Å². The monoisotopic (exact) mass is 358 g/mol. The van der Waals surface area contributed by atoms with Gasteiger partial charge in [0.2, 0.25) is 0 Å². The van der Waals surface area contributed by atoms with Crippen LogP contribution in [0.1, 0.15) is 56.8 Å². The van der Waals surface area contributed by atoms with Gasteiger partial charge in [0.1, 0.15) is 5.60 Å². The van der Waals surface area contributed by atoms with E-state index in [0.717, 1.165) is 37.3 Å². The number of nitrogens with one attached hydrogen (secondary N) is 1. The molecule has 0 saturated carbocycles. The number of pyridine rings is 1. The number of ether oxygens (including phenoxy) is 1. The van der Waals surface area contributed by atoms with Gasteiger partial charge in [0, 0.05) is 24.4 Å². The lowest BCUT2D eigenvalue weighted by Gasteiger charge is -2.18. The lowest BCUT2D eigenvalue weighted by atomic mass is 9.98. The molecule has 2 aromatic rings. The molecule has 0 amide bonds. The van der Waals surface area contributed by atoms with Gasteiger partial charge in [0.15, 0.2) is 5.82 Å². The molecule has 1 aliphatic rings. The predicted molar refractivity (Wildman–Crippen MR) is 99.2 cm³/mol. The van der Waals surface area contributed by atoms with Crippen molar-refractivity contribution < 1.29 is 14.1 Å². The van der Waals surface area contributed by atoms with Crippen molar-refractivity contribution in [2.24, 2.45) is 0 Å². The Balaban J connectivity index is 0.000000298. The summed E-state index contributed by atoms with van der Waals surface area (Å²) in [5.74, 6) is 1.81. The fourth-order valence-corrected chi connectivity index (χ4v) is 2.35. The van der Waals surface area contributed by atoms with Crippen LogP contribution in [0.2, 0.25) is 0 Å². The minimum absolute atomic E-state index is 0.318. The Morgan fingerprint density at radius 3 is 2.46 bits per heavy atom. The lowest BCUT2D eigenvalue weighted by Crippen LogP contribution is -2.27. The molecule has 7 nitrogen and oxygen atoms in total. The molecule has 1 aliphatic heterocycles. The van der Waals surface area contributed by atoms with Crippen LogP contribution in [0.5, 0.6) is 0 Å². The van der Waals surface area contributed by atoms with Gasteiger partial charge in [-0.05, 0) is 70.5 Å². The Kier molecular flexibility index (Phi) is 7.47. The maximum atomic E-state index is 9.60. The second-order valence-corrected chi connectivity index (χ2v) is 6.96. The standard InChI is InChI=1S/C14H16N4O.C5H10O2/c1(11-3-7-15-8-4-11)2-13-17-14(18-19-13)12-5-9-16-10-6-12;1-5(2,3)7-4-6/h1-4,7-8,12,16H,5-6,9-10H2;4H,1-3H3/b2-1+;. The molecule has 0 unspecified atom stereocenters. The molecular formula is C19H26N4O3. The van der Waals surface area contributed by atoms with Gasteiger partial charge in [0.05, 0.1) is 0 Å². The molecule has 0 spiro atoms. The van der Waals surface area contributed by atoms with Gasteiger partial charge in [-0.15, -0.1) is 0 Å². The summed E-state index contributed by atoms with van der Waals surface area (Å²) in [5.41, 5.74) is 0.749. The van der Waals surface area contributed by atoms with E-state index in [1.807, 2.05) is 45.1 Å². The highest BCUT2D eigenvalue weighted by Gasteiger charge is 2.19. The number of hydrogen-bond acceptors (Lipinski definition) is 7. The first-order valence-electron chi connectivity index (χ1n) is 8.72. The largest absolute Gasteiger partial charge is 0.462 e. The van der Waals surface area contributed by atoms with Crippen LogP contribution in [-0.2, 0) is 9.53 Å². The van der Waals surface area contributed by atoms with Gasteiger partial charge < -0.3 is 14.6 Å². The van der Waals surface area contributed by atoms with E-state index in [9.17, 15) is 4.79 Å². The van der Waals surface area contributed by atoms with Gasteiger partial charge in [-0.25, -0.2) is 0 Å². The number of nitrogens with zero attached hydrogens (tertiary/aromatic N) is 3. The second-order valence-electron chi connectivity index (χ2n) is 6.96. The molecule has 0 aliphatic carbocycles. The zero-order valence-corrected chi connectivity index (χ0v) is 15.5. The van der Waals surface area contributed by atoms with Crippen LogP contribution in [0, 0.1) is 0 Å². The lowest BCUT2D eigenvalue weighted by molar-refractivity contribution is -0.138. The molecule has 26 heavy (non-hydrogen) atoms. The van der Waals surface area contributed by atoms with E-state index in [4.69, 9.17) is 4.52 Å². The molecule has 0 aromatic carbocycles.